The third-order valence-electron chi connectivity index (χ3n) is 5.79. The predicted molar refractivity (Wildman–Crippen MR) is 99.1 cm³/mol. The van der Waals surface area contributed by atoms with Crippen molar-refractivity contribution >= 4 is 11.6 Å². The molecule has 1 heterocycles. The predicted octanol–water partition coefficient (Wildman–Crippen LogP) is 2.46. The molecule has 0 spiro atoms. The molecule has 0 unspecified atom stereocenters. The fraction of sp³-hybridized carbons (Fsp3) is 0.650. The Balaban J connectivity index is 1.62. The van der Waals surface area contributed by atoms with Crippen LogP contribution in [0.25, 0.3) is 0 Å². The zero-order valence-electron chi connectivity index (χ0n) is 15.4. The number of likely N-dealkylation sites (N-methyl/N-ethyl adjacent to an activating group) is 1. The van der Waals surface area contributed by atoms with Gasteiger partial charge in [0, 0.05) is 24.9 Å². The van der Waals surface area contributed by atoms with E-state index in [2.05, 4.69) is 18.0 Å². The minimum absolute atomic E-state index is 0.179. The Bertz CT molecular complexity index is 597. The third kappa shape index (κ3) is 4.15. The second kappa shape index (κ2) is 8.19. The minimum Gasteiger partial charge on any atom is -0.497 e. The fourth-order valence-corrected chi connectivity index (χ4v) is 4.16. The van der Waals surface area contributed by atoms with Crippen LogP contribution in [0.5, 0.6) is 5.75 Å². The molecule has 5 nitrogen and oxygen atoms in total. The molecule has 0 bridgehead atoms. The molecule has 1 aliphatic carbocycles. The second-order valence-corrected chi connectivity index (χ2v) is 7.42. The van der Waals surface area contributed by atoms with E-state index in [9.17, 15) is 9.90 Å². The van der Waals surface area contributed by atoms with Crippen molar-refractivity contribution in [1.82, 2.24) is 4.90 Å². The molecule has 0 atom stereocenters. The molecule has 1 fully saturated rings. The lowest BCUT2D eigenvalue weighted by atomic mass is 9.86. The van der Waals surface area contributed by atoms with Gasteiger partial charge in [-0.1, -0.05) is 0 Å². The summed E-state index contributed by atoms with van der Waals surface area (Å²) < 4.78 is 5.31. The Morgan fingerprint density at radius 1 is 1.32 bits per heavy atom. The van der Waals surface area contributed by atoms with Crippen molar-refractivity contribution in [2.24, 2.45) is 5.92 Å². The van der Waals surface area contributed by atoms with E-state index in [4.69, 9.17) is 4.74 Å². The maximum atomic E-state index is 12.9. The molecule has 0 aromatic heterocycles. The molecule has 1 aromatic carbocycles. The van der Waals surface area contributed by atoms with E-state index in [1.807, 2.05) is 17.0 Å². The summed E-state index contributed by atoms with van der Waals surface area (Å²) in [6.07, 6.45) is 6.26. The summed E-state index contributed by atoms with van der Waals surface area (Å²) >= 11 is 0. The molecule has 1 aromatic rings. The van der Waals surface area contributed by atoms with E-state index in [-0.39, 0.29) is 5.91 Å². The highest BCUT2D eigenvalue weighted by atomic mass is 16.5. The smallest absolute Gasteiger partial charge is 0.241 e. The van der Waals surface area contributed by atoms with Gasteiger partial charge in [0.05, 0.1) is 13.7 Å². The summed E-state index contributed by atoms with van der Waals surface area (Å²) in [5, 5.41) is 9.28. The van der Waals surface area contributed by atoms with Crippen molar-refractivity contribution < 1.29 is 14.6 Å². The average Bonchev–Trinajstić information content (AvgIpc) is 2.66. The van der Waals surface area contributed by atoms with Gasteiger partial charge in [0.2, 0.25) is 5.91 Å². The maximum Gasteiger partial charge on any atom is 0.241 e. The summed E-state index contributed by atoms with van der Waals surface area (Å²) in [4.78, 5) is 17.0. The lowest BCUT2D eigenvalue weighted by molar-refractivity contribution is -0.120. The highest BCUT2D eigenvalue weighted by Crippen LogP contribution is 2.31. The number of hydrogen-bond donors (Lipinski definition) is 1. The SMILES string of the molecule is COc1ccc2c(c1)CCCN2C(=O)CN(C)C1CCC(CO)CC1. The van der Waals surface area contributed by atoms with Crippen molar-refractivity contribution in [1.29, 1.82) is 0 Å². The summed E-state index contributed by atoms with van der Waals surface area (Å²) in [6.45, 7) is 1.55. The molecule has 0 radical (unpaired) electrons. The monoisotopic (exact) mass is 346 g/mol. The van der Waals surface area contributed by atoms with Crippen molar-refractivity contribution in [2.45, 2.75) is 44.6 Å². The molecular weight excluding hydrogens is 316 g/mol. The summed E-state index contributed by atoms with van der Waals surface area (Å²) in [5.41, 5.74) is 2.24. The van der Waals surface area contributed by atoms with E-state index in [1.54, 1.807) is 7.11 Å². The normalized spacial score (nSPS) is 23.4. The number of rotatable bonds is 5. The number of aryl methyl sites for hydroxylation is 1. The summed E-state index contributed by atoms with van der Waals surface area (Å²) in [7, 11) is 3.73. The fourth-order valence-electron chi connectivity index (χ4n) is 4.16. The molecule has 3 rings (SSSR count). The number of nitrogens with zero attached hydrogens (tertiary/aromatic N) is 2. The van der Waals surface area contributed by atoms with Gasteiger partial charge in [-0.25, -0.2) is 0 Å². The van der Waals surface area contributed by atoms with Crippen LogP contribution in [-0.2, 0) is 11.2 Å². The standard InChI is InChI=1S/C20H30N2O3/c1-21(17-7-5-15(14-23)6-8-17)13-20(24)22-11-3-4-16-12-18(25-2)9-10-19(16)22/h9-10,12,15,17,23H,3-8,11,13-14H2,1-2H3. The molecule has 1 saturated carbocycles. The first-order chi connectivity index (χ1) is 12.1. The number of anilines is 1. The van der Waals surface area contributed by atoms with Crippen molar-refractivity contribution in [2.75, 3.05) is 38.8 Å². The molecule has 138 valence electrons. The molecule has 1 amide bonds. The van der Waals surface area contributed by atoms with E-state index >= 15 is 0 Å². The van der Waals surface area contributed by atoms with Crippen LogP contribution in [0.15, 0.2) is 18.2 Å². The van der Waals surface area contributed by atoms with Crippen LogP contribution in [0, 0.1) is 5.92 Å². The zero-order valence-corrected chi connectivity index (χ0v) is 15.4. The molecule has 5 heteroatoms. The quantitative estimate of drug-likeness (QED) is 0.890. The number of aliphatic hydroxyl groups is 1. The van der Waals surface area contributed by atoms with Crippen LogP contribution in [-0.4, -0.2) is 55.8 Å². The first-order valence-corrected chi connectivity index (χ1v) is 9.40. The number of methoxy groups -OCH3 is 1. The van der Waals surface area contributed by atoms with E-state index in [0.717, 1.165) is 56.5 Å². The van der Waals surface area contributed by atoms with Crippen molar-refractivity contribution in [3.05, 3.63) is 23.8 Å². The number of ether oxygens (including phenoxy) is 1. The maximum absolute atomic E-state index is 12.9. The number of benzene rings is 1. The number of aliphatic hydroxyl groups excluding tert-OH is 1. The van der Waals surface area contributed by atoms with Gasteiger partial charge >= 0.3 is 0 Å². The van der Waals surface area contributed by atoms with Gasteiger partial charge in [0.1, 0.15) is 5.75 Å². The zero-order chi connectivity index (χ0) is 17.8. The van der Waals surface area contributed by atoms with Crippen LogP contribution in [0.1, 0.15) is 37.7 Å². The lowest BCUT2D eigenvalue weighted by Gasteiger charge is -2.36. The van der Waals surface area contributed by atoms with Crippen LogP contribution < -0.4 is 9.64 Å². The summed E-state index contributed by atoms with van der Waals surface area (Å²) in [5.74, 6) is 1.48. The van der Waals surface area contributed by atoms with Crippen molar-refractivity contribution in [3.8, 4) is 5.75 Å². The Labute approximate surface area is 150 Å². The third-order valence-corrected chi connectivity index (χ3v) is 5.79. The molecule has 1 N–H and O–H groups in total. The first-order valence-electron chi connectivity index (χ1n) is 9.40. The van der Waals surface area contributed by atoms with Gasteiger partial charge in [-0.3, -0.25) is 9.69 Å². The Morgan fingerprint density at radius 3 is 2.76 bits per heavy atom. The molecule has 1 aliphatic heterocycles. The highest BCUT2D eigenvalue weighted by Gasteiger charge is 2.28. The topological polar surface area (TPSA) is 53.0 Å². The number of hydrogen-bond acceptors (Lipinski definition) is 4. The number of carbonyl (C=O) groups excluding carboxylic acids is 1. The second-order valence-electron chi connectivity index (χ2n) is 7.42. The van der Waals surface area contributed by atoms with Crippen LogP contribution in [0.2, 0.25) is 0 Å². The van der Waals surface area contributed by atoms with Gasteiger partial charge in [-0.05, 0) is 75.3 Å². The minimum atomic E-state index is 0.179. The highest BCUT2D eigenvalue weighted by molar-refractivity contribution is 5.96. The molecule has 25 heavy (non-hydrogen) atoms. The Hall–Kier alpha value is -1.59. The molecule has 2 aliphatic rings. The Kier molecular flexibility index (Phi) is 5.97. The van der Waals surface area contributed by atoms with Gasteiger partial charge in [-0.2, -0.15) is 0 Å². The number of amides is 1. The Morgan fingerprint density at radius 2 is 2.08 bits per heavy atom. The lowest BCUT2D eigenvalue weighted by Crippen LogP contribution is -2.45. The van der Waals surface area contributed by atoms with E-state index < -0.39 is 0 Å². The van der Waals surface area contributed by atoms with Crippen molar-refractivity contribution in [3.63, 3.8) is 0 Å². The molecule has 0 saturated heterocycles. The number of fused-ring (bicyclic) bond motifs is 1. The van der Waals surface area contributed by atoms with E-state index in [1.165, 1.54) is 5.56 Å². The molecular formula is C20H30N2O3. The van der Waals surface area contributed by atoms with Crippen LogP contribution in [0.4, 0.5) is 5.69 Å². The number of carbonyl (C=O) groups is 1. The largest absolute Gasteiger partial charge is 0.497 e. The van der Waals surface area contributed by atoms with Gasteiger partial charge in [0.25, 0.3) is 0 Å². The van der Waals surface area contributed by atoms with E-state index in [0.29, 0.717) is 25.1 Å². The van der Waals surface area contributed by atoms with Gasteiger partial charge < -0.3 is 14.7 Å². The first kappa shape index (κ1) is 18.2. The van der Waals surface area contributed by atoms with Crippen LogP contribution in [0.3, 0.4) is 0 Å². The van der Waals surface area contributed by atoms with Gasteiger partial charge in [-0.15, -0.1) is 0 Å². The average molecular weight is 346 g/mol. The van der Waals surface area contributed by atoms with Gasteiger partial charge in [0.15, 0.2) is 0 Å². The summed E-state index contributed by atoms with van der Waals surface area (Å²) in [6, 6.07) is 6.45. The van der Waals surface area contributed by atoms with Crippen LogP contribution >= 0.6 is 0 Å².